The molecular weight excluding hydrogens is 526 g/mol. The number of aryl methyl sites for hydroxylation is 2. The van der Waals surface area contributed by atoms with Gasteiger partial charge in [0, 0.05) is 50.8 Å². The molecule has 0 bridgehead atoms. The van der Waals surface area contributed by atoms with Crippen molar-refractivity contribution in [3.63, 3.8) is 0 Å². The molecule has 0 saturated carbocycles. The summed E-state index contributed by atoms with van der Waals surface area (Å²) in [6, 6.07) is 0. The van der Waals surface area contributed by atoms with E-state index in [0.717, 1.165) is 101 Å². The number of amides is 1. The molecule has 6 rings (SSSR count). The van der Waals surface area contributed by atoms with Crippen LogP contribution in [0.5, 0.6) is 0 Å². The van der Waals surface area contributed by atoms with Gasteiger partial charge in [-0.05, 0) is 44.1 Å². The highest BCUT2D eigenvalue weighted by Crippen LogP contribution is 2.40. The monoisotopic (exact) mass is 561 g/mol. The summed E-state index contributed by atoms with van der Waals surface area (Å²) >= 11 is 1.87. The Balaban J connectivity index is 0.000000465. The number of ether oxygens (including phenoxy) is 2. The van der Waals surface area contributed by atoms with E-state index in [1.807, 2.05) is 16.2 Å². The lowest BCUT2D eigenvalue weighted by molar-refractivity contribution is -0.159. The molecule has 3 saturated heterocycles. The van der Waals surface area contributed by atoms with E-state index in [1.54, 1.807) is 0 Å². The first-order chi connectivity index (χ1) is 18.9. The topological polar surface area (TPSA) is 146 Å². The van der Waals surface area contributed by atoms with Crippen LogP contribution in [0.15, 0.2) is 0 Å². The third kappa shape index (κ3) is 6.48. The predicted molar refractivity (Wildman–Crippen MR) is 143 cm³/mol. The van der Waals surface area contributed by atoms with Crippen molar-refractivity contribution in [3.8, 4) is 0 Å². The van der Waals surface area contributed by atoms with Crippen molar-refractivity contribution in [2.45, 2.75) is 51.2 Å². The minimum atomic E-state index is -1.82. The molecule has 4 aliphatic rings. The molecule has 212 valence electrons. The second kappa shape index (κ2) is 12.5. The van der Waals surface area contributed by atoms with E-state index in [-0.39, 0.29) is 12.0 Å². The number of piperazine rings is 1. The molecular formula is C26H35N5O7S. The third-order valence-electron chi connectivity index (χ3n) is 7.59. The van der Waals surface area contributed by atoms with Crippen LogP contribution in [0.1, 0.15) is 41.9 Å². The number of aliphatic carboxylic acids is 2. The van der Waals surface area contributed by atoms with Crippen molar-refractivity contribution < 1.29 is 34.1 Å². The number of rotatable bonds is 4. The number of anilines is 1. The fourth-order valence-electron chi connectivity index (χ4n) is 5.55. The Morgan fingerprint density at radius 3 is 2.28 bits per heavy atom. The number of thiophene rings is 1. The van der Waals surface area contributed by atoms with E-state index in [1.165, 1.54) is 28.7 Å². The number of hydrogen-bond donors (Lipinski definition) is 2. The quantitative estimate of drug-likeness (QED) is 0.522. The molecule has 1 unspecified atom stereocenters. The van der Waals surface area contributed by atoms with Gasteiger partial charge in [-0.15, -0.1) is 11.3 Å². The second-order valence-corrected chi connectivity index (χ2v) is 11.3. The smallest absolute Gasteiger partial charge is 0.414 e. The Morgan fingerprint density at radius 2 is 1.62 bits per heavy atom. The molecule has 0 radical (unpaired) electrons. The first kappa shape index (κ1) is 27.7. The van der Waals surface area contributed by atoms with Gasteiger partial charge in [0.2, 0.25) is 0 Å². The zero-order chi connectivity index (χ0) is 27.4. The molecule has 2 N–H and O–H groups in total. The van der Waals surface area contributed by atoms with Gasteiger partial charge in [-0.1, -0.05) is 0 Å². The van der Waals surface area contributed by atoms with Gasteiger partial charge in [0.25, 0.3) is 5.91 Å². The van der Waals surface area contributed by atoms with Crippen molar-refractivity contribution in [2.24, 2.45) is 0 Å². The predicted octanol–water partition coefficient (Wildman–Crippen LogP) is 1.39. The van der Waals surface area contributed by atoms with Crippen molar-refractivity contribution in [2.75, 3.05) is 64.0 Å². The zero-order valence-corrected chi connectivity index (χ0v) is 22.8. The van der Waals surface area contributed by atoms with Crippen LogP contribution < -0.4 is 4.90 Å². The van der Waals surface area contributed by atoms with E-state index >= 15 is 0 Å². The lowest BCUT2D eigenvalue weighted by Crippen LogP contribution is -2.51. The Kier molecular flexibility index (Phi) is 8.90. The number of nitrogens with zero attached hydrogens (tertiary/aromatic N) is 5. The Hall–Kier alpha value is -2.87. The van der Waals surface area contributed by atoms with E-state index in [9.17, 15) is 4.79 Å². The summed E-state index contributed by atoms with van der Waals surface area (Å²) in [4.78, 5) is 50.6. The van der Waals surface area contributed by atoms with Crippen LogP contribution in [0.3, 0.4) is 0 Å². The average Bonchev–Trinajstić information content (AvgIpc) is 3.62. The number of carboxylic acid groups (broad SMARTS) is 2. The van der Waals surface area contributed by atoms with Gasteiger partial charge >= 0.3 is 11.9 Å². The molecule has 1 amide bonds. The standard InChI is InChI=1S/C24H33N5O3S.C2H2O4/c30-24(18-5-3-13-32-18)29-9-7-28(8-10-29)22-21-17-4-1-2-6-19(17)33-23(21)26-20(25-22)16-27-11-14-31-15-12-27;3-1(4)2(5)6/h18H,1-16H2;(H,3,4)(H,5,6). The summed E-state index contributed by atoms with van der Waals surface area (Å²) < 4.78 is 11.2. The van der Waals surface area contributed by atoms with Crippen molar-refractivity contribution in [3.05, 3.63) is 16.3 Å². The molecule has 2 aromatic heterocycles. The molecule has 3 aliphatic heterocycles. The van der Waals surface area contributed by atoms with Crippen LogP contribution in [0.25, 0.3) is 10.2 Å². The van der Waals surface area contributed by atoms with E-state index in [2.05, 4.69) is 9.80 Å². The summed E-state index contributed by atoms with van der Waals surface area (Å²) in [6.45, 7) is 8.00. The lowest BCUT2D eigenvalue weighted by atomic mass is 9.97. The van der Waals surface area contributed by atoms with Crippen LogP contribution in [-0.2, 0) is 43.2 Å². The molecule has 1 aliphatic carbocycles. The summed E-state index contributed by atoms with van der Waals surface area (Å²) in [6.07, 6.45) is 6.43. The number of carboxylic acids is 2. The normalized spacial score (nSPS) is 21.8. The molecule has 3 fully saturated rings. The first-order valence-corrected chi connectivity index (χ1v) is 14.4. The van der Waals surface area contributed by atoms with E-state index in [0.29, 0.717) is 6.61 Å². The van der Waals surface area contributed by atoms with Crippen LogP contribution in [0.2, 0.25) is 0 Å². The summed E-state index contributed by atoms with van der Waals surface area (Å²) in [5.74, 6) is -1.48. The minimum Gasteiger partial charge on any atom is -0.473 e. The Bertz CT molecular complexity index is 1190. The van der Waals surface area contributed by atoms with Crippen LogP contribution in [-0.4, -0.2) is 113 Å². The molecule has 0 spiro atoms. The number of morpholine rings is 1. The number of fused-ring (bicyclic) bond motifs is 3. The lowest BCUT2D eigenvalue weighted by Gasteiger charge is -2.37. The SMILES string of the molecule is O=C(C1CCCO1)N1CCN(c2nc(CN3CCOCC3)nc3sc4c(c23)CCCC4)CC1.O=C(O)C(=O)O. The molecule has 2 aromatic rings. The maximum Gasteiger partial charge on any atom is 0.414 e. The number of carbonyl (C=O) groups is 3. The summed E-state index contributed by atoms with van der Waals surface area (Å²) in [7, 11) is 0. The van der Waals surface area contributed by atoms with Gasteiger partial charge in [-0.25, -0.2) is 19.6 Å². The fourth-order valence-corrected chi connectivity index (χ4v) is 6.83. The highest BCUT2D eigenvalue weighted by Gasteiger charge is 2.32. The molecule has 12 nitrogen and oxygen atoms in total. The zero-order valence-electron chi connectivity index (χ0n) is 22.0. The van der Waals surface area contributed by atoms with Gasteiger partial charge < -0.3 is 29.5 Å². The highest BCUT2D eigenvalue weighted by atomic mass is 32.1. The van der Waals surface area contributed by atoms with Gasteiger partial charge in [0.15, 0.2) is 0 Å². The van der Waals surface area contributed by atoms with Gasteiger partial charge in [0.05, 0.1) is 25.1 Å². The molecule has 5 heterocycles. The van der Waals surface area contributed by atoms with Crippen LogP contribution >= 0.6 is 11.3 Å². The number of hydrogen-bond acceptors (Lipinski definition) is 10. The van der Waals surface area contributed by atoms with E-state index < -0.39 is 11.9 Å². The average molecular weight is 562 g/mol. The molecule has 39 heavy (non-hydrogen) atoms. The maximum atomic E-state index is 12.8. The summed E-state index contributed by atoms with van der Waals surface area (Å²) in [5, 5.41) is 16.1. The van der Waals surface area contributed by atoms with Gasteiger partial charge in [0.1, 0.15) is 22.6 Å². The van der Waals surface area contributed by atoms with Crippen molar-refractivity contribution >= 4 is 45.2 Å². The molecule has 0 aromatic carbocycles. The first-order valence-electron chi connectivity index (χ1n) is 13.6. The highest BCUT2D eigenvalue weighted by molar-refractivity contribution is 7.19. The largest absolute Gasteiger partial charge is 0.473 e. The Labute approximate surface area is 230 Å². The van der Waals surface area contributed by atoms with Gasteiger partial charge in [-0.2, -0.15) is 0 Å². The van der Waals surface area contributed by atoms with Crippen molar-refractivity contribution in [1.29, 1.82) is 0 Å². The van der Waals surface area contributed by atoms with E-state index in [4.69, 9.17) is 39.2 Å². The third-order valence-corrected chi connectivity index (χ3v) is 8.78. The molecule has 1 atom stereocenters. The fraction of sp³-hybridized carbons (Fsp3) is 0.654. The number of aromatic nitrogens is 2. The second-order valence-electron chi connectivity index (χ2n) is 10.2. The molecule has 13 heteroatoms. The van der Waals surface area contributed by atoms with Crippen molar-refractivity contribution in [1.82, 2.24) is 19.8 Å². The maximum absolute atomic E-state index is 12.8. The van der Waals surface area contributed by atoms with Crippen LogP contribution in [0, 0.1) is 0 Å². The van der Waals surface area contributed by atoms with Gasteiger partial charge in [-0.3, -0.25) is 9.69 Å². The Morgan fingerprint density at radius 1 is 0.897 bits per heavy atom. The number of carbonyl (C=O) groups excluding carboxylic acids is 1. The van der Waals surface area contributed by atoms with Crippen LogP contribution in [0.4, 0.5) is 5.82 Å². The minimum absolute atomic E-state index is 0.168. The summed E-state index contributed by atoms with van der Waals surface area (Å²) in [5.41, 5.74) is 1.48.